The van der Waals surface area contributed by atoms with Gasteiger partial charge in [0.2, 0.25) is 0 Å². The molecule has 0 aliphatic carbocycles. The van der Waals surface area contributed by atoms with Gasteiger partial charge >= 0.3 is 0 Å². The molecule has 2 heterocycles. The fourth-order valence-electron chi connectivity index (χ4n) is 2.98. The van der Waals surface area contributed by atoms with Crippen LogP contribution < -0.4 is 4.90 Å². The summed E-state index contributed by atoms with van der Waals surface area (Å²) in [5, 5.41) is 0.677. The topological polar surface area (TPSA) is 46.3 Å². The second kappa shape index (κ2) is 7.81. The lowest BCUT2D eigenvalue weighted by Gasteiger charge is -2.19. The highest BCUT2D eigenvalue weighted by Gasteiger charge is 2.23. The standard InChI is InChI=1S/C22H20N2O2S2/c1-14-10-19-20(11-15(14)2)28-22(23-19)24(13-17-7-5-9-26-17)21(25)16-6-4-8-18(12-16)27-3/h4-12H,13H2,1-3H3. The maximum absolute atomic E-state index is 13.4. The molecule has 0 unspecified atom stereocenters. The molecule has 0 bridgehead atoms. The number of thiazole rings is 1. The highest BCUT2D eigenvalue weighted by molar-refractivity contribution is 7.98. The molecule has 0 spiro atoms. The Morgan fingerprint density at radius 3 is 2.71 bits per heavy atom. The zero-order valence-corrected chi connectivity index (χ0v) is 17.6. The van der Waals surface area contributed by atoms with Crippen molar-refractivity contribution in [2.24, 2.45) is 0 Å². The molecular weight excluding hydrogens is 388 g/mol. The number of nitrogens with zero attached hydrogens (tertiary/aromatic N) is 2. The first-order valence-electron chi connectivity index (χ1n) is 8.91. The molecule has 0 aliphatic rings. The van der Waals surface area contributed by atoms with Gasteiger partial charge in [0.1, 0.15) is 5.76 Å². The Bertz CT molecular complexity index is 1090. The lowest BCUT2D eigenvalue weighted by Crippen LogP contribution is -2.30. The second-order valence-corrected chi connectivity index (χ2v) is 8.49. The molecule has 6 heteroatoms. The number of carbonyl (C=O) groups excluding carboxylic acids is 1. The summed E-state index contributed by atoms with van der Waals surface area (Å²) in [7, 11) is 0. The number of amides is 1. The van der Waals surface area contributed by atoms with Crippen molar-refractivity contribution in [3.05, 3.63) is 77.2 Å². The summed E-state index contributed by atoms with van der Waals surface area (Å²) >= 11 is 3.15. The van der Waals surface area contributed by atoms with Gasteiger partial charge in [-0.25, -0.2) is 4.98 Å². The maximum Gasteiger partial charge on any atom is 0.260 e. The zero-order valence-electron chi connectivity index (χ0n) is 15.9. The zero-order chi connectivity index (χ0) is 19.7. The third-order valence-corrected chi connectivity index (χ3v) is 6.45. The molecule has 2 aromatic carbocycles. The number of aryl methyl sites for hydroxylation is 2. The first-order valence-corrected chi connectivity index (χ1v) is 11.0. The van der Waals surface area contributed by atoms with Gasteiger partial charge in [-0.3, -0.25) is 9.69 Å². The van der Waals surface area contributed by atoms with Crippen LogP contribution in [0.15, 0.2) is 64.1 Å². The van der Waals surface area contributed by atoms with Crippen LogP contribution in [0.3, 0.4) is 0 Å². The normalized spacial score (nSPS) is 11.1. The Hall–Kier alpha value is -2.57. The summed E-state index contributed by atoms with van der Waals surface area (Å²) in [6, 6.07) is 15.6. The largest absolute Gasteiger partial charge is 0.467 e. The Balaban J connectivity index is 1.78. The summed E-state index contributed by atoms with van der Waals surface area (Å²) in [4.78, 5) is 20.9. The number of hydrogen-bond acceptors (Lipinski definition) is 5. The summed E-state index contributed by atoms with van der Waals surface area (Å²) in [6.45, 7) is 4.51. The molecule has 0 radical (unpaired) electrons. The summed E-state index contributed by atoms with van der Waals surface area (Å²) in [5.74, 6) is 0.640. The lowest BCUT2D eigenvalue weighted by atomic mass is 10.1. The molecule has 0 saturated heterocycles. The van der Waals surface area contributed by atoms with Crippen LogP contribution in [-0.2, 0) is 6.54 Å². The number of fused-ring (bicyclic) bond motifs is 1. The van der Waals surface area contributed by atoms with E-state index < -0.39 is 0 Å². The van der Waals surface area contributed by atoms with Crippen molar-refractivity contribution in [3.8, 4) is 0 Å². The van der Waals surface area contributed by atoms with E-state index in [1.54, 1.807) is 22.9 Å². The van der Waals surface area contributed by atoms with E-state index in [2.05, 4.69) is 26.0 Å². The van der Waals surface area contributed by atoms with E-state index in [4.69, 9.17) is 9.40 Å². The van der Waals surface area contributed by atoms with E-state index in [1.807, 2.05) is 42.7 Å². The van der Waals surface area contributed by atoms with E-state index in [9.17, 15) is 4.79 Å². The predicted molar refractivity (Wildman–Crippen MR) is 117 cm³/mol. The highest BCUT2D eigenvalue weighted by Crippen LogP contribution is 2.32. The molecule has 0 aliphatic heterocycles. The Labute approximate surface area is 172 Å². The number of anilines is 1. The summed E-state index contributed by atoms with van der Waals surface area (Å²) in [5.41, 5.74) is 3.98. The van der Waals surface area contributed by atoms with Gasteiger partial charge in [-0.05, 0) is 73.7 Å². The van der Waals surface area contributed by atoms with Crippen LogP contribution in [0, 0.1) is 13.8 Å². The molecule has 4 aromatic rings. The van der Waals surface area contributed by atoms with E-state index in [0.717, 1.165) is 20.9 Å². The number of aromatic nitrogens is 1. The van der Waals surface area contributed by atoms with Gasteiger partial charge in [0.15, 0.2) is 5.13 Å². The van der Waals surface area contributed by atoms with Gasteiger partial charge in [-0.1, -0.05) is 17.4 Å². The minimum Gasteiger partial charge on any atom is -0.467 e. The molecule has 1 amide bonds. The van der Waals surface area contributed by atoms with Crippen LogP contribution in [0.4, 0.5) is 5.13 Å². The molecule has 2 aromatic heterocycles. The SMILES string of the molecule is CSc1cccc(C(=O)N(Cc2ccco2)c2nc3cc(C)c(C)cc3s2)c1. The monoisotopic (exact) mass is 408 g/mol. The minimum absolute atomic E-state index is 0.0835. The molecule has 0 atom stereocenters. The van der Waals surface area contributed by atoms with Crippen LogP contribution in [0.25, 0.3) is 10.2 Å². The molecule has 0 fully saturated rings. The van der Waals surface area contributed by atoms with Crippen LogP contribution in [0.2, 0.25) is 0 Å². The van der Waals surface area contributed by atoms with Crippen LogP contribution in [0.5, 0.6) is 0 Å². The molecule has 142 valence electrons. The summed E-state index contributed by atoms with van der Waals surface area (Å²) in [6.07, 6.45) is 3.62. The fraction of sp³-hybridized carbons (Fsp3) is 0.182. The van der Waals surface area contributed by atoms with Gasteiger partial charge in [-0.15, -0.1) is 11.8 Å². The quantitative estimate of drug-likeness (QED) is 0.376. The molecule has 4 rings (SSSR count). The van der Waals surface area contributed by atoms with Crippen LogP contribution in [-0.4, -0.2) is 17.1 Å². The maximum atomic E-state index is 13.4. The van der Waals surface area contributed by atoms with E-state index in [0.29, 0.717) is 17.2 Å². The molecule has 0 N–H and O–H groups in total. The van der Waals surface area contributed by atoms with Crippen molar-refractivity contribution >= 4 is 44.4 Å². The molecule has 4 nitrogen and oxygen atoms in total. The first kappa shape index (κ1) is 18.8. The number of thioether (sulfide) groups is 1. The van der Waals surface area contributed by atoms with Gasteiger partial charge in [0.25, 0.3) is 5.91 Å². The Kier molecular flexibility index (Phi) is 5.24. The number of carbonyl (C=O) groups is 1. The van der Waals surface area contributed by atoms with Gasteiger partial charge in [-0.2, -0.15) is 0 Å². The van der Waals surface area contributed by atoms with Crippen molar-refractivity contribution in [3.63, 3.8) is 0 Å². The number of rotatable bonds is 5. The average Bonchev–Trinajstić information content (AvgIpc) is 3.35. The Morgan fingerprint density at radius 2 is 1.96 bits per heavy atom. The molecule has 28 heavy (non-hydrogen) atoms. The lowest BCUT2D eigenvalue weighted by molar-refractivity contribution is 0.0983. The molecular formula is C22H20N2O2S2. The van der Waals surface area contributed by atoms with Crippen molar-refractivity contribution in [1.29, 1.82) is 0 Å². The molecule has 0 saturated carbocycles. The van der Waals surface area contributed by atoms with Crippen molar-refractivity contribution in [2.75, 3.05) is 11.2 Å². The second-order valence-electron chi connectivity index (χ2n) is 6.60. The van der Waals surface area contributed by atoms with Gasteiger partial charge in [0.05, 0.1) is 23.0 Å². The smallest absolute Gasteiger partial charge is 0.260 e. The average molecular weight is 409 g/mol. The number of benzene rings is 2. The van der Waals surface area contributed by atoms with Crippen molar-refractivity contribution in [1.82, 2.24) is 4.98 Å². The highest BCUT2D eigenvalue weighted by atomic mass is 32.2. The summed E-state index contributed by atoms with van der Waals surface area (Å²) < 4.78 is 6.58. The predicted octanol–water partition coefficient (Wildman–Crippen LogP) is 6.08. The van der Waals surface area contributed by atoms with Gasteiger partial charge < -0.3 is 4.42 Å². The minimum atomic E-state index is -0.0835. The third kappa shape index (κ3) is 3.70. The van der Waals surface area contributed by atoms with Crippen molar-refractivity contribution in [2.45, 2.75) is 25.3 Å². The van der Waals surface area contributed by atoms with Crippen molar-refractivity contribution < 1.29 is 9.21 Å². The number of hydrogen-bond donors (Lipinski definition) is 0. The van der Waals surface area contributed by atoms with E-state index >= 15 is 0 Å². The van der Waals surface area contributed by atoms with Crippen LogP contribution >= 0.6 is 23.1 Å². The first-order chi connectivity index (χ1) is 13.5. The van der Waals surface area contributed by atoms with Crippen LogP contribution in [0.1, 0.15) is 27.2 Å². The van der Waals surface area contributed by atoms with E-state index in [-0.39, 0.29) is 5.91 Å². The van der Waals surface area contributed by atoms with Gasteiger partial charge in [0, 0.05) is 10.5 Å². The fourth-order valence-corrected chi connectivity index (χ4v) is 4.48. The van der Waals surface area contributed by atoms with E-state index in [1.165, 1.54) is 22.5 Å². The number of furan rings is 1. The Morgan fingerprint density at radius 1 is 1.14 bits per heavy atom. The third-order valence-electron chi connectivity index (χ3n) is 4.68.